The van der Waals surface area contributed by atoms with E-state index in [1.807, 2.05) is 42.5 Å². The molecule has 5 rings (SSSR count). The molecule has 168 valence electrons. The molecule has 0 radical (unpaired) electrons. The fourth-order valence-electron chi connectivity index (χ4n) is 5.78. The van der Waals surface area contributed by atoms with Crippen molar-refractivity contribution in [1.29, 1.82) is 0 Å². The summed E-state index contributed by atoms with van der Waals surface area (Å²) >= 11 is 1.67. The number of hydrogen-bond acceptors (Lipinski definition) is 4. The zero-order valence-corrected chi connectivity index (χ0v) is 19.8. The highest BCUT2D eigenvalue weighted by atomic mass is 32.1. The third-order valence-corrected chi connectivity index (χ3v) is 8.92. The van der Waals surface area contributed by atoms with Crippen LogP contribution in [0.5, 0.6) is 5.75 Å². The topological polar surface area (TPSA) is 39.2 Å². The van der Waals surface area contributed by atoms with E-state index in [4.69, 9.17) is 9.72 Å². The number of benzene rings is 2. The quantitative estimate of drug-likeness (QED) is 0.295. The summed E-state index contributed by atoms with van der Waals surface area (Å²) in [7, 11) is 0. The van der Waals surface area contributed by atoms with Gasteiger partial charge in [0, 0.05) is 5.56 Å². The first-order valence-electron chi connectivity index (χ1n) is 12.4. The van der Waals surface area contributed by atoms with Gasteiger partial charge in [-0.15, -0.1) is 11.3 Å². The van der Waals surface area contributed by atoms with Crippen molar-refractivity contribution in [1.82, 2.24) is 4.98 Å². The van der Waals surface area contributed by atoms with Gasteiger partial charge in [0.15, 0.2) is 0 Å². The van der Waals surface area contributed by atoms with E-state index in [0.717, 1.165) is 46.7 Å². The van der Waals surface area contributed by atoms with Gasteiger partial charge in [0.25, 0.3) is 0 Å². The predicted molar refractivity (Wildman–Crippen MR) is 132 cm³/mol. The molecule has 2 aromatic carbocycles. The van der Waals surface area contributed by atoms with E-state index in [1.165, 1.54) is 49.6 Å². The Hall–Kier alpha value is -2.20. The second-order valence-corrected chi connectivity index (χ2v) is 10.8. The number of thiazole rings is 1. The Morgan fingerprint density at radius 3 is 2.38 bits per heavy atom. The van der Waals surface area contributed by atoms with E-state index >= 15 is 0 Å². The first kappa shape index (κ1) is 21.6. The van der Waals surface area contributed by atoms with E-state index < -0.39 is 0 Å². The fraction of sp³-hybridized carbons (Fsp3) is 0.500. The number of fused-ring (bicyclic) bond motifs is 1. The molecule has 0 atom stereocenters. The number of rotatable bonds is 5. The second-order valence-electron chi connectivity index (χ2n) is 9.74. The highest BCUT2D eigenvalue weighted by Crippen LogP contribution is 2.42. The number of carbonyl (C=O) groups excluding carboxylic acids is 1. The molecule has 0 amide bonds. The predicted octanol–water partition coefficient (Wildman–Crippen LogP) is 7.89. The van der Waals surface area contributed by atoms with Crippen LogP contribution in [0.1, 0.15) is 64.7 Å². The third-order valence-electron chi connectivity index (χ3n) is 7.83. The second kappa shape index (κ2) is 9.74. The number of ether oxygens (including phenoxy) is 1. The minimum atomic E-state index is -0.0559. The Morgan fingerprint density at radius 1 is 0.938 bits per heavy atom. The molecule has 3 nitrogen and oxygen atoms in total. The molecule has 2 saturated carbocycles. The van der Waals surface area contributed by atoms with Gasteiger partial charge < -0.3 is 4.74 Å². The molecular formula is C28H33NO2S. The number of nitrogens with zero attached hydrogens (tertiary/aromatic N) is 1. The summed E-state index contributed by atoms with van der Waals surface area (Å²) in [6.07, 6.45) is 11.3. The number of hydrogen-bond donors (Lipinski definition) is 0. The highest BCUT2D eigenvalue weighted by Gasteiger charge is 2.33. The van der Waals surface area contributed by atoms with Gasteiger partial charge in [-0.25, -0.2) is 4.98 Å². The number of aromatic nitrogens is 1. The van der Waals surface area contributed by atoms with Crippen molar-refractivity contribution in [2.75, 3.05) is 0 Å². The van der Waals surface area contributed by atoms with Crippen LogP contribution < -0.4 is 4.74 Å². The molecule has 2 aliphatic carbocycles. The molecule has 0 unspecified atom stereocenters. The Balaban J connectivity index is 1.17. The summed E-state index contributed by atoms with van der Waals surface area (Å²) in [6.45, 7) is 2.33. The lowest BCUT2D eigenvalue weighted by Crippen LogP contribution is -2.30. The number of esters is 1. The summed E-state index contributed by atoms with van der Waals surface area (Å²) in [5, 5.41) is 0.961. The average Bonchev–Trinajstić information content (AvgIpc) is 3.29. The minimum Gasteiger partial charge on any atom is -0.426 e. The molecule has 1 heterocycles. The lowest BCUT2D eigenvalue weighted by atomic mass is 9.69. The molecule has 4 heteroatoms. The minimum absolute atomic E-state index is 0.0457. The van der Waals surface area contributed by atoms with Crippen LogP contribution in [0.4, 0.5) is 0 Å². The number of carbonyl (C=O) groups is 1. The van der Waals surface area contributed by atoms with E-state index in [9.17, 15) is 4.79 Å². The van der Waals surface area contributed by atoms with Crippen molar-refractivity contribution in [3.8, 4) is 16.3 Å². The molecule has 0 aliphatic heterocycles. The number of para-hydroxylation sites is 1. The zero-order valence-electron chi connectivity index (χ0n) is 19.0. The van der Waals surface area contributed by atoms with Gasteiger partial charge in [-0.1, -0.05) is 50.5 Å². The van der Waals surface area contributed by atoms with Gasteiger partial charge in [-0.05, 0) is 80.5 Å². The van der Waals surface area contributed by atoms with Crippen LogP contribution in [0.2, 0.25) is 0 Å². The summed E-state index contributed by atoms with van der Waals surface area (Å²) in [6, 6.07) is 16.0. The van der Waals surface area contributed by atoms with Crippen molar-refractivity contribution < 1.29 is 9.53 Å². The largest absolute Gasteiger partial charge is 0.426 e. The molecule has 2 fully saturated rings. The van der Waals surface area contributed by atoms with Crippen LogP contribution in [0.3, 0.4) is 0 Å². The SMILES string of the molecule is CCC1CCC(C2CCC(C(=O)Oc3cccc(-c4nc5ccccc5s4)c3)CC2)CC1. The van der Waals surface area contributed by atoms with Gasteiger partial charge in [0.05, 0.1) is 16.1 Å². The van der Waals surface area contributed by atoms with Gasteiger partial charge >= 0.3 is 5.97 Å². The average molecular weight is 448 g/mol. The normalized spacial score (nSPS) is 26.2. The van der Waals surface area contributed by atoms with Gasteiger partial charge in [-0.3, -0.25) is 4.79 Å². The Morgan fingerprint density at radius 2 is 1.66 bits per heavy atom. The molecule has 2 aliphatic rings. The van der Waals surface area contributed by atoms with Crippen molar-refractivity contribution >= 4 is 27.5 Å². The smallest absolute Gasteiger partial charge is 0.314 e. The van der Waals surface area contributed by atoms with Crippen LogP contribution in [-0.4, -0.2) is 11.0 Å². The van der Waals surface area contributed by atoms with Crippen LogP contribution in [-0.2, 0) is 4.79 Å². The molecule has 0 spiro atoms. The van der Waals surface area contributed by atoms with Crippen molar-refractivity contribution in [2.24, 2.45) is 23.7 Å². The van der Waals surface area contributed by atoms with Crippen LogP contribution in [0, 0.1) is 23.7 Å². The van der Waals surface area contributed by atoms with E-state index in [1.54, 1.807) is 11.3 Å². The van der Waals surface area contributed by atoms with Gasteiger partial charge in [0.1, 0.15) is 10.8 Å². The maximum absolute atomic E-state index is 12.9. The Labute approximate surface area is 195 Å². The Bertz CT molecular complexity index is 1020. The summed E-state index contributed by atoms with van der Waals surface area (Å²) < 4.78 is 7.01. The van der Waals surface area contributed by atoms with Crippen molar-refractivity contribution in [2.45, 2.75) is 64.7 Å². The molecule has 0 bridgehead atoms. The van der Waals surface area contributed by atoms with Crippen molar-refractivity contribution in [3.05, 3.63) is 48.5 Å². The maximum Gasteiger partial charge on any atom is 0.314 e. The first-order valence-corrected chi connectivity index (χ1v) is 13.2. The van der Waals surface area contributed by atoms with Crippen molar-refractivity contribution in [3.63, 3.8) is 0 Å². The van der Waals surface area contributed by atoms with E-state index in [0.29, 0.717) is 5.75 Å². The first-order chi connectivity index (χ1) is 15.7. The molecule has 1 aromatic heterocycles. The summed E-state index contributed by atoms with van der Waals surface area (Å²) in [5.41, 5.74) is 2.01. The third kappa shape index (κ3) is 4.76. The standard InChI is InChI=1S/C28H33NO2S/c1-2-19-10-12-20(13-11-19)21-14-16-22(17-15-21)28(30)31-24-7-5-6-23(18-24)27-29-25-8-3-4-9-26(25)32-27/h3-9,18-22H,2,10-17H2,1H3. The summed E-state index contributed by atoms with van der Waals surface area (Å²) in [4.78, 5) is 17.6. The maximum atomic E-state index is 12.9. The lowest BCUT2D eigenvalue weighted by molar-refractivity contribution is -0.140. The Kier molecular flexibility index (Phi) is 6.59. The monoisotopic (exact) mass is 447 g/mol. The molecular weight excluding hydrogens is 414 g/mol. The molecule has 0 N–H and O–H groups in total. The molecule has 0 saturated heterocycles. The van der Waals surface area contributed by atoms with E-state index in [-0.39, 0.29) is 11.9 Å². The van der Waals surface area contributed by atoms with Crippen LogP contribution in [0.25, 0.3) is 20.8 Å². The lowest BCUT2D eigenvalue weighted by Gasteiger charge is -2.37. The zero-order chi connectivity index (χ0) is 21.9. The fourth-order valence-corrected chi connectivity index (χ4v) is 6.74. The summed E-state index contributed by atoms with van der Waals surface area (Å²) in [5.74, 6) is 3.28. The van der Waals surface area contributed by atoms with E-state index in [2.05, 4.69) is 13.0 Å². The molecule has 32 heavy (non-hydrogen) atoms. The molecule has 3 aromatic rings. The van der Waals surface area contributed by atoms with Gasteiger partial charge in [0.2, 0.25) is 0 Å². The van der Waals surface area contributed by atoms with Crippen LogP contribution >= 0.6 is 11.3 Å². The van der Waals surface area contributed by atoms with Gasteiger partial charge in [-0.2, -0.15) is 0 Å². The van der Waals surface area contributed by atoms with Crippen LogP contribution in [0.15, 0.2) is 48.5 Å². The highest BCUT2D eigenvalue weighted by molar-refractivity contribution is 7.21.